The maximum atomic E-state index is 13.1. The third kappa shape index (κ3) is 3.83. The second-order valence-electron chi connectivity index (χ2n) is 6.16. The second-order valence-corrected chi connectivity index (χ2v) is 6.51. The Morgan fingerprint density at radius 3 is 2.72 bits per heavy atom. The van der Waals surface area contributed by atoms with Gasteiger partial charge in [-0.3, -0.25) is 9.88 Å². The molecule has 1 aliphatic carbocycles. The Kier molecular flexibility index (Phi) is 4.42. The molecular weight excluding hydrogens is 339 g/mol. The average molecular weight is 356 g/mol. The lowest BCUT2D eigenvalue weighted by Crippen LogP contribution is -2.28. The molecule has 1 aliphatic rings. The molecule has 4 rings (SSSR count). The number of aromatic nitrogens is 3. The van der Waals surface area contributed by atoms with Gasteiger partial charge in [-0.25, -0.2) is 9.07 Å². The lowest BCUT2D eigenvalue weighted by molar-refractivity contribution is 0.184. The van der Waals surface area contributed by atoms with Crippen LogP contribution in [0.3, 0.4) is 0 Å². The van der Waals surface area contributed by atoms with Gasteiger partial charge in [-0.05, 0) is 54.9 Å². The minimum atomic E-state index is -0.221. The molecule has 1 fully saturated rings. The minimum absolute atomic E-state index is 0.221. The average Bonchev–Trinajstić information content (AvgIpc) is 3.41. The van der Waals surface area contributed by atoms with Gasteiger partial charge >= 0.3 is 0 Å². The van der Waals surface area contributed by atoms with Crippen molar-refractivity contribution in [3.63, 3.8) is 0 Å². The van der Waals surface area contributed by atoms with Crippen LogP contribution in [0.1, 0.15) is 18.4 Å². The van der Waals surface area contributed by atoms with E-state index in [1.165, 1.54) is 12.1 Å². The van der Waals surface area contributed by atoms with Gasteiger partial charge in [0.25, 0.3) is 4.84 Å². The number of rotatable bonds is 6. The minimum Gasteiger partial charge on any atom is -0.409 e. The molecule has 0 aliphatic heterocycles. The van der Waals surface area contributed by atoms with Crippen LogP contribution in [0.4, 0.5) is 4.39 Å². The van der Waals surface area contributed by atoms with Crippen LogP contribution in [0.5, 0.6) is 0 Å². The van der Waals surface area contributed by atoms with Crippen molar-refractivity contribution in [1.29, 1.82) is 0 Å². The summed E-state index contributed by atoms with van der Waals surface area (Å²) in [5, 5.41) is 4.49. The molecule has 2 heterocycles. The van der Waals surface area contributed by atoms with E-state index in [4.69, 9.17) is 16.6 Å². The van der Waals surface area contributed by atoms with Crippen molar-refractivity contribution in [3.05, 3.63) is 65.0 Å². The van der Waals surface area contributed by atoms with Gasteiger partial charge in [-0.2, -0.15) is 0 Å². The molecule has 1 aromatic carbocycles. The van der Waals surface area contributed by atoms with Crippen LogP contribution in [-0.4, -0.2) is 25.7 Å². The highest BCUT2D eigenvalue weighted by atomic mass is 32.1. The van der Waals surface area contributed by atoms with E-state index < -0.39 is 0 Å². The number of nitrogens with zero attached hydrogens (tertiary/aromatic N) is 4. The van der Waals surface area contributed by atoms with E-state index in [9.17, 15) is 4.39 Å². The zero-order valence-corrected chi connectivity index (χ0v) is 14.3. The summed E-state index contributed by atoms with van der Waals surface area (Å²) in [6, 6.07) is 10.8. The van der Waals surface area contributed by atoms with Crippen LogP contribution >= 0.6 is 12.2 Å². The summed E-state index contributed by atoms with van der Waals surface area (Å²) in [5.41, 5.74) is 1.86. The van der Waals surface area contributed by atoms with Crippen molar-refractivity contribution >= 4 is 12.2 Å². The van der Waals surface area contributed by atoms with E-state index in [-0.39, 0.29) is 5.82 Å². The smallest absolute Gasteiger partial charge is 0.288 e. The lowest BCUT2D eigenvalue weighted by Gasteiger charge is -2.21. The lowest BCUT2D eigenvalue weighted by atomic mass is 10.2. The first kappa shape index (κ1) is 16.1. The van der Waals surface area contributed by atoms with E-state index in [2.05, 4.69) is 15.0 Å². The normalized spacial score (nSPS) is 14.2. The molecule has 0 saturated heterocycles. The number of hydrogen-bond donors (Lipinski definition) is 0. The molecule has 5 nitrogen and oxygen atoms in total. The first-order chi connectivity index (χ1) is 12.2. The van der Waals surface area contributed by atoms with E-state index in [1.807, 2.05) is 24.3 Å². The molecule has 25 heavy (non-hydrogen) atoms. The van der Waals surface area contributed by atoms with Gasteiger partial charge in [-0.1, -0.05) is 12.1 Å². The van der Waals surface area contributed by atoms with Gasteiger partial charge in [0, 0.05) is 25.0 Å². The van der Waals surface area contributed by atoms with Crippen LogP contribution in [0.15, 0.2) is 53.2 Å². The van der Waals surface area contributed by atoms with Crippen molar-refractivity contribution < 1.29 is 8.81 Å². The summed E-state index contributed by atoms with van der Waals surface area (Å²) in [4.78, 5) is 6.70. The van der Waals surface area contributed by atoms with Crippen molar-refractivity contribution in [2.75, 3.05) is 0 Å². The van der Waals surface area contributed by atoms with Gasteiger partial charge in [-0.15, -0.1) is 5.10 Å². The summed E-state index contributed by atoms with van der Waals surface area (Å²) >= 11 is 5.32. The second kappa shape index (κ2) is 6.85. The molecule has 0 radical (unpaired) electrons. The highest BCUT2D eigenvalue weighted by molar-refractivity contribution is 7.71. The highest BCUT2D eigenvalue weighted by Gasteiger charge is 2.29. The van der Waals surface area contributed by atoms with Crippen LogP contribution in [0.2, 0.25) is 0 Å². The van der Waals surface area contributed by atoms with E-state index >= 15 is 0 Å². The fourth-order valence-corrected chi connectivity index (χ4v) is 2.91. The monoisotopic (exact) mass is 356 g/mol. The summed E-state index contributed by atoms with van der Waals surface area (Å²) in [5.74, 6) is 0.247. The number of benzene rings is 1. The van der Waals surface area contributed by atoms with E-state index in [1.54, 1.807) is 17.1 Å². The quantitative estimate of drug-likeness (QED) is 0.624. The zero-order valence-electron chi connectivity index (χ0n) is 13.5. The van der Waals surface area contributed by atoms with Crippen molar-refractivity contribution in [2.45, 2.75) is 32.1 Å². The van der Waals surface area contributed by atoms with E-state index in [0.29, 0.717) is 23.4 Å². The number of halogens is 1. The summed E-state index contributed by atoms with van der Waals surface area (Å²) < 4.78 is 20.4. The van der Waals surface area contributed by atoms with Crippen molar-refractivity contribution in [2.24, 2.45) is 0 Å². The molecule has 0 amide bonds. The summed E-state index contributed by atoms with van der Waals surface area (Å²) in [7, 11) is 0. The Bertz CT molecular complexity index is 903. The van der Waals surface area contributed by atoms with Crippen molar-refractivity contribution in [3.8, 4) is 11.5 Å². The summed E-state index contributed by atoms with van der Waals surface area (Å²) in [6.07, 6.45) is 5.71. The zero-order chi connectivity index (χ0) is 17.2. The Hall–Kier alpha value is -2.38. The molecule has 0 spiro atoms. The third-order valence-electron chi connectivity index (χ3n) is 4.19. The molecule has 1 saturated carbocycles. The Balaban J connectivity index is 1.54. The number of hydrogen-bond acceptors (Lipinski definition) is 5. The van der Waals surface area contributed by atoms with Crippen LogP contribution < -0.4 is 0 Å². The Labute approximate surface area is 149 Å². The highest BCUT2D eigenvalue weighted by Crippen LogP contribution is 2.29. The molecule has 0 N–H and O–H groups in total. The van der Waals surface area contributed by atoms with Gasteiger partial charge in [0.15, 0.2) is 0 Å². The molecular formula is C18H17FN4OS. The van der Waals surface area contributed by atoms with E-state index in [0.717, 1.165) is 30.5 Å². The predicted octanol–water partition coefficient (Wildman–Crippen LogP) is 4.03. The molecule has 0 atom stereocenters. The molecule has 7 heteroatoms. The molecule has 3 aromatic rings. The standard InChI is InChI=1S/C18H17FN4OS/c19-15-5-3-13(4-6-15)11-22(16-7-8-16)12-23-18(25)24-17(21-23)14-2-1-9-20-10-14/h1-6,9-10,16H,7-8,11-12H2. The van der Waals surface area contributed by atoms with Crippen LogP contribution in [0.25, 0.3) is 11.5 Å². The third-order valence-corrected chi connectivity index (χ3v) is 4.49. The van der Waals surface area contributed by atoms with Gasteiger partial charge in [0.05, 0.1) is 12.2 Å². The molecule has 128 valence electrons. The van der Waals surface area contributed by atoms with Gasteiger partial charge in [0.1, 0.15) is 5.82 Å². The number of pyridine rings is 1. The SMILES string of the molecule is Fc1ccc(CN(Cn2nc(-c3cccnc3)oc2=S)C2CC2)cc1. The maximum Gasteiger partial charge on any atom is 0.288 e. The molecule has 0 unspecified atom stereocenters. The largest absolute Gasteiger partial charge is 0.409 e. The maximum absolute atomic E-state index is 13.1. The summed E-state index contributed by atoms with van der Waals surface area (Å²) in [6.45, 7) is 1.27. The van der Waals surface area contributed by atoms with Crippen molar-refractivity contribution in [1.82, 2.24) is 19.7 Å². The van der Waals surface area contributed by atoms with Gasteiger partial charge in [0.2, 0.25) is 5.89 Å². The van der Waals surface area contributed by atoms with Crippen LogP contribution in [0, 0.1) is 10.7 Å². The van der Waals surface area contributed by atoms with Crippen LogP contribution in [-0.2, 0) is 13.2 Å². The fourth-order valence-electron chi connectivity index (χ4n) is 2.73. The molecule has 0 bridgehead atoms. The topological polar surface area (TPSA) is 47.1 Å². The Morgan fingerprint density at radius 1 is 1.24 bits per heavy atom. The Morgan fingerprint density at radius 2 is 2.04 bits per heavy atom. The molecule has 2 aromatic heterocycles. The van der Waals surface area contributed by atoms with Gasteiger partial charge < -0.3 is 4.42 Å². The first-order valence-corrected chi connectivity index (χ1v) is 8.57. The first-order valence-electron chi connectivity index (χ1n) is 8.16. The fraction of sp³-hybridized carbons (Fsp3) is 0.278. The predicted molar refractivity (Wildman–Crippen MR) is 93.5 cm³/mol.